The maximum absolute atomic E-state index is 10.4. The standard InChI is InChI=1S/C5H12N2O2/c1-3-7-5(8)9-4(2)6/h4H,3,6H2,1-2H3,(H,7,8). The van der Waals surface area contributed by atoms with Gasteiger partial charge in [-0.3, -0.25) is 5.73 Å². The quantitative estimate of drug-likeness (QED) is 0.521. The smallest absolute Gasteiger partial charge is 0.408 e. The minimum atomic E-state index is -0.531. The summed E-state index contributed by atoms with van der Waals surface area (Å²) in [5.74, 6) is 0. The highest BCUT2D eigenvalue weighted by molar-refractivity contribution is 5.67. The average molecular weight is 132 g/mol. The van der Waals surface area contributed by atoms with E-state index in [-0.39, 0.29) is 0 Å². The molecule has 0 aromatic carbocycles. The van der Waals surface area contributed by atoms with Gasteiger partial charge in [0.25, 0.3) is 0 Å². The number of alkyl carbamates (subject to hydrolysis) is 1. The van der Waals surface area contributed by atoms with Crippen molar-refractivity contribution in [3.05, 3.63) is 0 Å². The first-order valence-corrected chi connectivity index (χ1v) is 2.87. The number of carbonyl (C=O) groups is 1. The zero-order valence-electron chi connectivity index (χ0n) is 5.68. The van der Waals surface area contributed by atoms with Crippen LogP contribution in [0.4, 0.5) is 4.79 Å². The van der Waals surface area contributed by atoms with Crippen LogP contribution < -0.4 is 11.1 Å². The van der Waals surface area contributed by atoms with Crippen molar-refractivity contribution in [2.45, 2.75) is 20.1 Å². The lowest BCUT2D eigenvalue weighted by atomic mass is 10.7. The van der Waals surface area contributed by atoms with Crippen LogP contribution >= 0.6 is 0 Å². The van der Waals surface area contributed by atoms with Crippen LogP contribution in [0.15, 0.2) is 0 Å². The molecule has 0 aliphatic rings. The van der Waals surface area contributed by atoms with Crippen LogP contribution in [-0.2, 0) is 4.74 Å². The molecule has 0 saturated carbocycles. The van der Waals surface area contributed by atoms with Gasteiger partial charge in [0.15, 0.2) is 0 Å². The third kappa shape index (κ3) is 5.10. The average Bonchev–Trinajstić information content (AvgIpc) is 1.63. The Labute approximate surface area is 54.4 Å². The summed E-state index contributed by atoms with van der Waals surface area (Å²) in [6.45, 7) is 3.96. The maximum atomic E-state index is 10.4. The van der Waals surface area contributed by atoms with Gasteiger partial charge in [0.2, 0.25) is 0 Å². The van der Waals surface area contributed by atoms with E-state index in [0.29, 0.717) is 6.54 Å². The van der Waals surface area contributed by atoms with Gasteiger partial charge in [-0.1, -0.05) is 0 Å². The van der Waals surface area contributed by atoms with Crippen LogP contribution in [0.5, 0.6) is 0 Å². The van der Waals surface area contributed by atoms with Crippen molar-refractivity contribution in [1.29, 1.82) is 0 Å². The fraction of sp³-hybridized carbons (Fsp3) is 0.800. The summed E-state index contributed by atoms with van der Waals surface area (Å²) in [5, 5.41) is 2.44. The van der Waals surface area contributed by atoms with Gasteiger partial charge in [0.05, 0.1) is 0 Å². The number of amides is 1. The van der Waals surface area contributed by atoms with Crippen molar-refractivity contribution < 1.29 is 9.53 Å². The lowest BCUT2D eigenvalue weighted by molar-refractivity contribution is 0.110. The van der Waals surface area contributed by atoms with Gasteiger partial charge in [-0.25, -0.2) is 4.79 Å². The summed E-state index contributed by atoms with van der Waals surface area (Å²) in [5.41, 5.74) is 5.14. The van der Waals surface area contributed by atoms with Crippen molar-refractivity contribution in [3.8, 4) is 0 Å². The van der Waals surface area contributed by atoms with E-state index in [2.05, 4.69) is 10.1 Å². The van der Waals surface area contributed by atoms with Gasteiger partial charge in [-0.15, -0.1) is 0 Å². The van der Waals surface area contributed by atoms with Crippen LogP contribution in [0.2, 0.25) is 0 Å². The highest BCUT2D eigenvalue weighted by atomic mass is 16.6. The SMILES string of the molecule is CCNC(=O)OC(C)N. The molecule has 0 saturated heterocycles. The van der Waals surface area contributed by atoms with Crippen molar-refractivity contribution in [1.82, 2.24) is 5.32 Å². The molecule has 3 N–H and O–H groups in total. The molecule has 0 spiro atoms. The molecule has 54 valence electrons. The van der Waals surface area contributed by atoms with Crippen LogP contribution in [-0.4, -0.2) is 18.9 Å². The fourth-order valence-corrected chi connectivity index (χ4v) is 0.355. The molecule has 1 atom stereocenters. The molecule has 0 fully saturated rings. The number of nitrogens with one attached hydrogen (secondary N) is 1. The Morgan fingerprint density at radius 2 is 2.44 bits per heavy atom. The molecular weight excluding hydrogens is 120 g/mol. The Hall–Kier alpha value is -0.770. The summed E-state index contributed by atoms with van der Waals surface area (Å²) in [6.07, 6.45) is -0.996. The molecule has 0 bridgehead atoms. The van der Waals surface area contributed by atoms with E-state index < -0.39 is 12.3 Å². The van der Waals surface area contributed by atoms with Crippen LogP contribution in [0.1, 0.15) is 13.8 Å². The highest BCUT2D eigenvalue weighted by Gasteiger charge is 2.00. The van der Waals surface area contributed by atoms with E-state index in [1.165, 1.54) is 0 Å². The second-order valence-electron chi connectivity index (χ2n) is 1.64. The van der Waals surface area contributed by atoms with Gasteiger partial charge in [-0.2, -0.15) is 0 Å². The largest absolute Gasteiger partial charge is 0.431 e. The first-order chi connectivity index (χ1) is 4.16. The molecule has 1 amide bonds. The molecule has 0 rings (SSSR count). The molecule has 0 radical (unpaired) electrons. The van der Waals surface area contributed by atoms with E-state index in [0.717, 1.165) is 0 Å². The van der Waals surface area contributed by atoms with E-state index in [1.807, 2.05) is 6.92 Å². The molecule has 1 unspecified atom stereocenters. The zero-order valence-corrected chi connectivity index (χ0v) is 5.68. The normalized spacial score (nSPS) is 12.3. The molecule has 9 heavy (non-hydrogen) atoms. The number of ether oxygens (including phenoxy) is 1. The number of rotatable bonds is 2. The fourth-order valence-electron chi connectivity index (χ4n) is 0.355. The second-order valence-corrected chi connectivity index (χ2v) is 1.64. The minimum absolute atomic E-state index is 0.465. The number of hydrogen-bond donors (Lipinski definition) is 2. The Balaban J connectivity index is 3.27. The Morgan fingerprint density at radius 3 is 2.78 bits per heavy atom. The molecule has 0 aliphatic heterocycles. The highest BCUT2D eigenvalue weighted by Crippen LogP contribution is 1.79. The molecule has 4 nitrogen and oxygen atoms in total. The van der Waals surface area contributed by atoms with E-state index in [4.69, 9.17) is 5.73 Å². The summed E-state index contributed by atoms with van der Waals surface area (Å²) in [7, 11) is 0. The van der Waals surface area contributed by atoms with E-state index >= 15 is 0 Å². The van der Waals surface area contributed by atoms with Crippen molar-refractivity contribution in [2.75, 3.05) is 6.54 Å². The predicted molar refractivity (Wildman–Crippen MR) is 33.8 cm³/mol. The van der Waals surface area contributed by atoms with E-state index in [9.17, 15) is 4.79 Å². The van der Waals surface area contributed by atoms with Gasteiger partial charge in [-0.05, 0) is 13.8 Å². The van der Waals surface area contributed by atoms with Crippen molar-refractivity contribution in [2.24, 2.45) is 5.73 Å². The van der Waals surface area contributed by atoms with E-state index in [1.54, 1.807) is 6.92 Å². The van der Waals surface area contributed by atoms with Crippen molar-refractivity contribution >= 4 is 6.09 Å². The Morgan fingerprint density at radius 1 is 1.89 bits per heavy atom. The second kappa shape index (κ2) is 4.14. The molecule has 0 aromatic rings. The monoisotopic (exact) mass is 132 g/mol. The third-order valence-corrected chi connectivity index (χ3v) is 0.614. The van der Waals surface area contributed by atoms with Crippen LogP contribution in [0.25, 0.3) is 0 Å². The van der Waals surface area contributed by atoms with Crippen molar-refractivity contribution in [3.63, 3.8) is 0 Å². The first-order valence-electron chi connectivity index (χ1n) is 2.87. The number of carbonyl (C=O) groups excluding carboxylic acids is 1. The van der Waals surface area contributed by atoms with Gasteiger partial charge < -0.3 is 10.1 Å². The molecule has 0 aromatic heterocycles. The summed E-state index contributed by atoms with van der Waals surface area (Å²) < 4.78 is 4.52. The lowest BCUT2D eigenvalue weighted by Crippen LogP contribution is -2.31. The Kier molecular flexibility index (Phi) is 3.79. The molecule has 0 aliphatic carbocycles. The minimum Gasteiger partial charge on any atom is -0.431 e. The van der Waals surface area contributed by atoms with Gasteiger partial charge in [0, 0.05) is 6.54 Å². The summed E-state index contributed by atoms with van der Waals surface area (Å²) in [4.78, 5) is 10.4. The van der Waals surface area contributed by atoms with Gasteiger partial charge in [0.1, 0.15) is 6.23 Å². The molecular formula is C5H12N2O2. The topological polar surface area (TPSA) is 64.3 Å². The predicted octanol–water partition coefficient (Wildman–Crippen LogP) is 0.0372. The van der Waals surface area contributed by atoms with Crippen LogP contribution in [0.3, 0.4) is 0 Å². The molecule has 4 heteroatoms. The molecule has 0 heterocycles. The third-order valence-electron chi connectivity index (χ3n) is 0.614. The summed E-state index contributed by atoms with van der Waals surface area (Å²) in [6, 6.07) is 0. The lowest BCUT2D eigenvalue weighted by Gasteiger charge is -2.06. The zero-order chi connectivity index (χ0) is 7.28. The number of nitrogens with two attached hydrogens (primary N) is 1. The maximum Gasteiger partial charge on any atom is 0.408 e. The summed E-state index contributed by atoms with van der Waals surface area (Å²) >= 11 is 0. The van der Waals surface area contributed by atoms with Crippen LogP contribution in [0, 0.1) is 0 Å². The van der Waals surface area contributed by atoms with Gasteiger partial charge >= 0.3 is 6.09 Å². The number of hydrogen-bond acceptors (Lipinski definition) is 3. The first kappa shape index (κ1) is 8.23. The Bertz CT molecular complexity index is 93.0.